The Labute approximate surface area is 138 Å². The molecule has 1 aliphatic rings. The van der Waals surface area contributed by atoms with Crippen LogP contribution in [-0.2, 0) is 0 Å². The molecule has 2 nitrogen and oxygen atoms in total. The van der Waals surface area contributed by atoms with Gasteiger partial charge in [-0.2, -0.15) is 0 Å². The zero-order valence-corrected chi connectivity index (χ0v) is 14.9. The van der Waals surface area contributed by atoms with Gasteiger partial charge < -0.3 is 5.32 Å². The minimum atomic E-state index is 0.460. The Morgan fingerprint density at radius 3 is 1.91 bits per heavy atom. The van der Waals surface area contributed by atoms with Crippen molar-refractivity contribution >= 4 is 6.34 Å². The number of allylic oxidation sites excluding steroid dienone is 1. The van der Waals surface area contributed by atoms with Crippen molar-refractivity contribution < 1.29 is 0 Å². The highest BCUT2D eigenvalue weighted by Crippen LogP contribution is 2.13. The molecule has 1 aliphatic heterocycles. The number of rotatable bonds is 15. The summed E-state index contributed by atoms with van der Waals surface area (Å²) in [5, 5.41) is 3.23. The molecule has 0 fully saturated rings. The van der Waals surface area contributed by atoms with Crippen molar-refractivity contribution in [2.45, 2.75) is 103 Å². The van der Waals surface area contributed by atoms with Crippen molar-refractivity contribution in [3.8, 4) is 0 Å². The van der Waals surface area contributed by atoms with Crippen LogP contribution in [0.4, 0.5) is 0 Å². The molecule has 0 radical (unpaired) electrons. The second kappa shape index (κ2) is 15.1. The van der Waals surface area contributed by atoms with Gasteiger partial charge in [0, 0.05) is 0 Å². The van der Waals surface area contributed by atoms with Crippen LogP contribution in [0.2, 0.25) is 0 Å². The van der Waals surface area contributed by atoms with Gasteiger partial charge in [0.15, 0.2) is 0 Å². The fourth-order valence-electron chi connectivity index (χ4n) is 3.02. The van der Waals surface area contributed by atoms with Crippen molar-refractivity contribution in [2.24, 2.45) is 4.99 Å². The van der Waals surface area contributed by atoms with Gasteiger partial charge in [-0.1, -0.05) is 96.1 Å². The normalized spacial score (nSPS) is 17.4. The minimum Gasteiger partial charge on any atom is -0.368 e. The average molecular weight is 307 g/mol. The standard InChI is InChI=1S/C20H38N2/c1-2-3-4-5-6-7-8-9-10-11-12-13-14-15-16-17-20-18-21-19-22-20/h16-17,19-20H,2-15,18H2,1H3,(H,21,22). The van der Waals surface area contributed by atoms with Crippen LogP contribution in [0.5, 0.6) is 0 Å². The Morgan fingerprint density at radius 1 is 0.864 bits per heavy atom. The van der Waals surface area contributed by atoms with Gasteiger partial charge >= 0.3 is 0 Å². The molecule has 128 valence electrons. The van der Waals surface area contributed by atoms with Gasteiger partial charge in [-0.15, -0.1) is 0 Å². The topological polar surface area (TPSA) is 24.4 Å². The van der Waals surface area contributed by atoms with Gasteiger partial charge in [-0.25, -0.2) is 0 Å². The van der Waals surface area contributed by atoms with Gasteiger partial charge in [0.2, 0.25) is 0 Å². The lowest BCUT2D eigenvalue weighted by atomic mass is 10.0. The van der Waals surface area contributed by atoms with Gasteiger partial charge in [-0.3, -0.25) is 4.99 Å². The Hall–Kier alpha value is -0.790. The highest BCUT2D eigenvalue weighted by Gasteiger charge is 2.03. The molecule has 1 rings (SSSR count). The Kier molecular flexibility index (Phi) is 13.2. The molecule has 0 spiro atoms. The van der Waals surface area contributed by atoms with Gasteiger partial charge in [0.05, 0.1) is 18.9 Å². The van der Waals surface area contributed by atoms with Crippen LogP contribution in [-0.4, -0.2) is 18.9 Å². The summed E-state index contributed by atoms with van der Waals surface area (Å²) < 4.78 is 0. The molecule has 0 aromatic heterocycles. The van der Waals surface area contributed by atoms with Crippen LogP contribution < -0.4 is 5.32 Å². The number of hydrogen-bond donors (Lipinski definition) is 1. The van der Waals surface area contributed by atoms with Crippen molar-refractivity contribution in [1.29, 1.82) is 0 Å². The van der Waals surface area contributed by atoms with Gasteiger partial charge in [-0.05, 0) is 12.8 Å². The molecule has 0 aromatic rings. The third kappa shape index (κ3) is 11.8. The predicted octanol–water partition coefficient (Wildman–Crippen LogP) is 6.02. The van der Waals surface area contributed by atoms with Crippen molar-refractivity contribution in [1.82, 2.24) is 5.32 Å². The van der Waals surface area contributed by atoms with Crippen LogP contribution in [0.15, 0.2) is 17.1 Å². The highest BCUT2D eigenvalue weighted by molar-refractivity contribution is 5.58. The molecular formula is C20H38N2. The lowest BCUT2D eigenvalue weighted by Crippen LogP contribution is -2.21. The van der Waals surface area contributed by atoms with E-state index in [1.807, 2.05) is 6.34 Å². The van der Waals surface area contributed by atoms with E-state index < -0.39 is 0 Å². The number of nitrogens with one attached hydrogen (secondary N) is 1. The first-order valence-electron chi connectivity index (χ1n) is 9.84. The Balaban J connectivity index is 1.69. The molecule has 0 bridgehead atoms. The van der Waals surface area contributed by atoms with Crippen molar-refractivity contribution in [3.05, 3.63) is 12.2 Å². The molecule has 22 heavy (non-hydrogen) atoms. The first-order chi connectivity index (χ1) is 10.9. The van der Waals surface area contributed by atoms with E-state index in [1.165, 1.54) is 89.9 Å². The molecule has 1 heterocycles. The molecule has 0 aromatic carbocycles. The summed E-state index contributed by atoms with van der Waals surface area (Å²) in [6, 6.07) is 0.460. The number of nitrogens with zero attached hydrogens (tertiary/aromatic N) is 1. The maximum absolute atomic E-state index is 4.17. The maximum atomic E-state index is 4.17. The molecule has 0 aliphatic carbocycles. The third-order valence-corrected chi connectivity index (χ3v) is 4.52. The summed E-state index contributed by atoms with van der Waals surface area (Å²) in [6.07, 6.45) is 26.3. The average Bonchev–Trinajstić information content (AvgIpc) is 3.04. The second-order valence-corrected chi connectivity index (χ2v) is 6.73. The van der Waals surface area contributed by atoms with E-state index in [4.69, 9.17) is 0 Å². The van der Waals surface area contributed by atoms with Crippen LogP contribution in [0.3, 0.4) is 0 Å². The molecule has 0 amide bonds. The summed E-state index contributed by atoms with van der Waals surface area (Å²) in [6.45, 7) is 3.20. The molecule has 2 heteroatoms. The quantitative estimate of drug-likeness (QED) is 0.290. The number of aliphatic imine (C=N–C) groups is 1. The maximum Gasteiger partial charge on any atom is 0.0830 e. The zero-order valence-electron chi connectivity index (χ0n) is 14.9. The summed E-state index contributed by atoms with van der Waals surface area (Å²) in [5.41, 5.74) is 0. The highest BCUT2D eigenvalue weighted by atomic mass is 15.0. The fourth-order valence-corrected chi connectivity index (χ4v) is 3.02. The SMILES string of the molecule is CCCCCCCCCCCCCCCC=CC1CN=CN1. The van der Waals surface area contributed by atoms with Crippen LogP contribution in [0.25, 0.3) is 0 Å². The summed E-state index contributed by atoms with van der Waals surface area (Å²) in [4.78, 5) is 4.17. The van der Waals surface area contributed by atoms with E-state index in [2.05, 4.69) is 29.4 Å². The van der Waals surface area contributed by atoms with Crippen LogP contribution in [0, 0.1) is 0 Å². The number of unbranched alkanes of at least 4 members (excludes halogenated alkanes) is 13. The van der Waals surface area contributed by atoms with E-state index in [1.54, 1.807) is 0 Å². The van der Waals surface area contributed by atoms with E-state index in [0.29, 0.717) is 6.04 Å². The molecule has 1 unspecified atom stereocenters. The van der Waals surface area contributed by atoms with Crippen LogP contribution in [0.1, 0.15) is 96.8 Å². The summed E-state index contributed by atoms with van der Waals surface area (Å²) >= 11 is 0. The number of hydrogen-bond acceptors (Lipinski definition) is 2. The molecule has 0 saturated heterocycles. The first kappa shape index (κ1) is 19.3. The predicted molar refractivity (Wildman–Crippen MR) is 99.7 cm³/mol. The lowest BCUT2D eigenvalue weighted by molar-refractivity contribution is 0.540. The van der Waals surface area contributed by atoms with E-state index in [-0.39, 0.29) is 0 Å². The van der Waals surface area contributed by atoms with Gasteiger partial charge in [0.1, 0.15) is 0 Å². The monoisotopic (exact) mass is 306 g/mol. The second-order valence-electron chi connectivity index (χ2n) is 6.73. The smallest absolute Gasteiger partial charge is 0.0830 e. The summed E-state index contributed by atoms with van der Waals surface area (Å²) in [7, 11) is 0. The minimum absolute atomic E-state index is 0.460. The first-order valence-corrected chi connectivity index (χ1v) is 9.84. The van der Waals surface area contributed by atoms with Crippen LogP contribution >= 0.6 is 0 Å². The van der Waals surface area contributed by atoms with E-state index in [9.17, 15) is 0 Å². The summed E-state index contributed by atoms with van der Waals surface area (Å²) in [5.74, 6) is 0. The molecular weight excluding hydrogens is 268 g/mol. The molecule has 1 atom stereocenters. The largest absolute Gasteiger partial charge is 0.368 e. The Morgan fingerprint density at radius 2 is 1.41 bits per heavy atom. The fraction of sp³-hybridized carbons (Fsp3) is 0.850. The third-order valence-electron chi connectivity index (χ3n) is 4.52. The molecule has 1 N–H and O–H groups in total. The van der Waals surface area contributed by atoms with Crippen molar-refractivity contribution in [3.63, 3.8) is 0 Å². The Bertz CT molecular complexity index is 275. The van der Waals surface area contributed by atoms with Gasteiger partial charge in [0.25, 0.3) is 0 Å². The lowest BCUT2D eigenvalue weighted by Gasteiger charge is -2.03. The molecule has 0 saturated carbocycles. The van der Waals surface area contributed by atoms with Crippen molar-refractivity contribution in [2.75, 3.05) is 6.54 Å². The van der Waals surface area contributed by atoms with E-state index in [0.717, 1.165) is 6.54 Å². The van der Waals surface area contributed by atoms with E-state index >= 15 is 0 Å². The zero-order chi connectivity index (χ0) is 15.7.